The monoisotopic (exact) mass is 324 g/mol. The van der Waals surface area contributed by atoms with Gasteiger partial charge in [0.15, 0.2) is 0 Å². The highest BCUT2D eigenvalue weighted by Crippen LogP contribution is 2.35. The lowest BCUT2D eigenvalue weighted by Gasteiger charge is -2.30. The van der Waals surface area contributed by atoms with Gasteiger partial charge in [0.25, 0.3) is 0 Å². The fourth-order valence-corrected chi connectivity index (χ4v) is 3.43. The highest BCUT2D eigenvalue weighted by atomic mass is 35.5. The maximum atomic E-state index is 12.7. The van der Waals surface area contributed by atoms with Gasteiger partial charge in [0.1, 0.15) is 0 Å². The molecule has 3 N–H and O–H groups in total. The third-order valence-corrected chi connectivity index (χ3v) is 4.83. The van der Waals surface area contributed by atoms with Crippen LogP contribution in [0.15, 0.2) is 24.3 Å². The standard InChI is InChI=1S/C16H21ClN2OS/c17-13-7-5-6-12(10-13)11-19-15(20)16(14(18)21)8-3-1-2-4-9-16/h5-7,10H,1-4,8-9,11H2,(H2,18,21)(H,19,20). The largest absolute Gasteiger partial charge is 0.392 e. The number of benzene rings is 1. The molecule has 2 rings (SSSR count). The average molecular weight is 325 g/mol. The summed E-state index contributed by atoms with van der Waals surface area (Å²) in [5.41, 5.74) is 6.21. The van der Waals surface area contributed by atoms with Crippen LogP contribution in [-0.2, 0) is 11.3 Å². The summed E-state index contributed by atoms with van der Waals surface area (Å²) in [5.74, 6) is -0.0446. The van der Waals surface area contributed by atoms with E-state index in [-0.39, 0.29) is 5.91 Å². The second-order valence-electron chi connectivity index (χ2n) is 5.67. The molecular weight excluding hydrogens is 304 g/mol. The van der Waals surface area contributed by atoms with E-state index in [0.717, 1.165) is 44.1 Å². The van der Waals surface area contributed by atoms with Crippen LogP contribution in [0.5, 0.6) is 0 Å². The Hall–Kier alpha value is -1.13. The summed E-state index contributed by atoms with van der Waals surface area (Å²) in [6.07, 6.45) is 5.80. The number of carbonyl (C=O) groups excluding carboxylic acids is 1. The first-order chi connectivity index (χ1) is 10.0. The lowest BCUT2D eigenvalue weighted by molar-refractivity contribution is -0.128. The van der Waals surface area contributed by atoms with Gasteiger partial charge in [-0.1, -0.05) is 61.6 Å². The Kier molecular flexibility index (Phi) is 5.59. The van der Waals surface area contributed by atoms with E-state index >= 15 is 0 Å². The molecule has 0 radical (unpaired) electrons. The number of thiocarbonyl (C=S) groups is 1. The summed E-state index contributed by atoms with van der Waals surface area (Å²) in [6.45, 7) is 0.448. The van der Waals surface area contributed by atoms with Crippen LogP contribution in [0, 0.1) is 5.41 Å². The maximum Gasteiger partial charge on any atom is 0.233 e. The van der Waals surface area contributed by atoms with Gasteiger partial charge in [0.2, 0.25) is 5.91 Å². The van der Waals surface area contributed by atoms with E-state index < -0.39 is 5.41 Å². The molecule has 1 aliphatic rings. The maximum absolute atomic E-state index is 12.7. The Morgan fingerprint density at radius 1 is 1.29 bits per heavy atom. The van der Waals surface area contributed by atoms with Crippen molar-refractivity contribution in [1.29, 1.82) is 0 Å². The topological polar surface area (TPSA) is 55.1 Å². The van der Waals surface area contributed by atoms with Crippen molar-refractivity contribution in [3.63, 3.8) is 0 Å². The molecule has 1 fully saturated rings. The van der Waals surface area contributed by atoms with Crippen molar-refractivity contribution in [2.75, 3.05) is 0 Å². The predicted octanol–water partition coefficient (Wildman–Crippen LogP) is 3.58. The smallest absolute Gasteiger partial charge is 0.233 e. The molecule has 0 unspecified atom stereocenters. The number of carbonyl (C=O) groups is 1. The van der Waals surface area contributed by atoms with Gasteiger partial charge < -0.3 is 11.1 Å². The van der Waals surface area contributed by atoms with Crippen LogP contribution in [0.25, 0.3) is 0 Å². The summed E-state index contributed by atoms with van der Waals surface area (Å²) < 4.78 is 0. The highest BCUT2D eigenvalue weighted by Gasteiger charge is 2.41. The van der Waals surface area contributed by atoms with E-state index in [1.807, 2.05) is 24.3 Å². The van der Waals surface area contributed by atoms with Crippen molar-refractivity contribution in [3.05, 3.63) is 34.9 Å². The third-order valence-electron chi connectivity index (χ3n) is 4.21. The number of hydrogen-bond acceptors (Lipinski definition) is 2. The fraction of sp³-hybridized carbons (Fsp3) is 0.500. The van der Waals surface area contributed by atoms with E-state index in [1.54, 1.807) is 0 Å². The second kappa shape index (κ2) is 7.23. The van der Waals surface area contributed by atoms with Gasteiger partial charge in [-0.15, -0.1) is 0 Å². The quantitative estimate of drug-likeness (QED) is 0.657. The van der Waals surface area contributed by atoms with E-state index in [1.165, 1.54) is 0 Å². The van der Waals surface area contributed by atoms with Crippen LogP contribution in [-0.4, -0.2) is 10.9 Å². The first-order valence-electron chi connectivity index (χ1n) is 7.37. The summed E-state index contributed by atoms with van der Waals surface area (Å²) in [5, 5.41) is 3.65. The van der Waals surface area contributed by atoms with Crippen LogP contribution in [0.2, 0.25) is 5.02 Å². The third kappa shape index (κ3) is 3.95. The summed E-state index contributed by atoms with van der Waals surface area (Å²) in [7, 11) is 0. The summed E-state index contributed by atoms with van der Waals surface area (Å²) >= 11 is 11.2. The van der Waals surface area contributed by atoms with Gasteiger partial charge in [0, 0.05) is 11.6 Å². The van der Waals surface area contributed by atoms with Gasteiger partial charge in [-0.2, -0.15) is 0 Å². The molecule has 114 valence electrons. The summed E-state index contributed by atoms with van der Waals surface area (Å²) in [4.78, 5) is 13.0. The summed E-state index contributed by atoms with van der Waals surface area (Å²) in [6, 6.07) is 7.47. The van der Waals surface area contributed by atoms with Crippen molar-refractivity contribution in [2.45, 2.75) is 45.1 Å². The molecule has 3 nitrogen and oxygen atoms in total. The second-order valence-corrected chi connectivity index (χ2v) is 6.55. The number of nitrogens with one attached hydrogen (secondary N) is 1. The lowest BCUT2D eigenvalue weighted by Crippen LogP contribution is -2.48. The molecule has 1 amide bonds. The number of hydrogen-bond donors (Lipinski definition) is 2. The van der Waals surface area contributed by atoms with Crippen molar-refractivity contribution in [3.8, 4) is 0 Å². The van der Waals surface area contributed by atoms with Gasteiger partial charge in [-0.05, 0) is 30.5 Å². The van der Waals surface area contributed by atoms with Crippen LogP contribution in [0.1, 0.15) is 44.1 Å². The molecule has 1 aromatic carbocycles. The molecule has 21 heavy (non-hydrogen) atoms. The minimum absolute atomic E-state index is 0.0446. The minimum atomic E-state index is -0.676. The Morgan fingerprint density at radius 2 is 1.95 bits per heavy atom. The van der Waals surface area contributed by atoms with E-state index in [2.05, 4.69) is 5.32 Å². The molecule has 0 saturated heterocycles. The van der Waals surface area contributed by atoms with Crippen LogP contribution in [0.4, 0.5) is 0 Å². The minimum Gasteiger partial charge on any atom is -0.392 e. The molecule has 1 saturated carbocycles. The van der Waals surface area contributed by atoms with Gasteiger partial charge in [-0.25, -0.2) is 0 Å². The molecular formula is C16H21ClN2OS. The predicted molar refractivity (Wildman–Crippen MR) is 90.2 cm³/mol. The normalized spacial score (nSPS) is 17.8. The molecule has 0 aliphatic heterocycles. The van der Waals surface area contributed by atoms with Crippen molar-refractivity contribution < 1.29 is 4.79 Å². The fourth-order valence-electron chi connectivity index (χ4n) is 2.92. The Balaban J connectivity index is 2.07. The average Bonchev–Trinajstić information content (AvgIpc) is 2.71. The van der Waals surface area contributed by atoms with Gasteiger partial charge >= 0.3 is 0 Å². The molecule has 0 aromatic heterocycles. The van der Waals surface area contributed by atoms with Crippen LogP contribution < -0.4 is 11.1 Å². The number of halogens is 1. The zero-order valence-corrected chi connectivity index (χ0v) is 13.6. The molecule has 5 heteroatoms. The van der Waals surface area contributed by atoms with E-state index in [4.69, 9.17) is 29.6 Å². The zero-order chi connectivity index (χ0) is 15.3. The molecule has 0 atom stereocenters. The van der Waals surface area contributed by atoms with Crippen LogP contribution in [0.3, 0.4) is 0 Å². The van der Waals surface area contributed by atoms with E-state index in [9.17, 15) is 4.79 Å². The molecule has 0 spiro atoms. The Morgan fingerprint density at radius 3 is 2.52 bits per heavy atom. The van der Waals surface area contributed by atoms with Gasteiger partial charge in [0.05, 0.1) is 10.4 Å². The zero-order valence-electron chi connectivity index (χ0n) is 12.0. The first-order valence-corrected chi connectivity index (χ1v) is 8.16. The van der Waals surface area contributed by atoms with Gasteiger partial charge in [-0.3, -0.25) is 4.79 Å². The van der Waals surface area contributed by atoms with Crippen LogP contribution >= 0.6 is 23.8 Å². The van der Waals surface area contributed by atoms with Crippen molar-refractivity contribution in [2.24, 2.45) is 11.1 Å². The number of rotatable bonds is 4. The Labute approximate surface area is 136 Å². The SMILES string of the molecule is NC(=S)C1(C(=O)NCc2cccc(Cl)c2)CCCCCC1. The lowest BCUT2D eigenvalue weighted by atomic mass is 9.79. The van der Waals surface area contributed by atoms with Crippen molar-refractivity contribution in [1.82, 2.24) is 5.32 Å². The molecule has 1 aliphatic carbocycles. The van der Waals surface area contributed by atoms with Crippen molar-refractivity contribution >= 4 is 34.7 Å². The number of amides is 1. The highest BCUT2D eigenvalue weighted by molar-refractivity contribution is 7.80. The number of nitrogens with two attached hydrogens (primary N) is 1. The molecule has 0 heterocycles. The molecule has 0 bridgehead atoms. The Bertz CT molecular complexity index is 525. The first kappa shape index (κ1) is 16.2. The van der Waals surface area contributed by atoms with E-state index in [0.29, 0.717) is 16.6 Å². The molecule has 1 aromatic rings.